The summed E-state index contributed by atoms with van der Waals surface area (Å²) in [6.45, 7) is 6.36. The van der Waals surface area contributed by atoms with Gasteiger partial charge in [-0.3, -0.25) is 4.99 Å². The van der Waals surface area contributed by atoms with Crippen LogP contribution in [-0.2, 0) is 14.9 Å². The molecule has 1 fully saturated rings. The number of benzene rings is 1. The van der Waals surface area contributed by atoms with Gasteiger partial charge in [0, 0.05) is 43.4 Å². The lowest BCUT2D eigenvalue weighted by Crippen LogP contribution is -2.39. The van der Waals surface area contributed by atoms with Crippen LogP contribution in [0, 0.1) is 0 Å². The number of hydrogen-bond acceptors (Lipinski definition) is 3. The van der Waals surface area contributed by atoms with E-state index < -0.39 is 0 Å². The average molecular weight is 482 g/mol. The van der Waals surface area contributed by atoms with E-state index >= 15 is 0 Å². The van der Waals surface area contributed by atoms with Gasteiger partial charge in [0.1, 0.15) is 0 Å². The van der Waals surface area contributed by atoms with Gasteiger partial charge in [0.15, 0.2) is 5.96 Å². The van der Waals surface area contributed by atoms with Gasteiger partial charge in [-0.15, -0.1) is 24.0 Å². The molecule has 0 radical (unpaired) electrons. The van der Waals surface area contributed by atoms with Crippen molar-refractivity contribution in [1.29, 1.82) is 0 Å². The minimum atomic E-state index is -0.0548. The number of nitrogens with zero attached hydrogens (tertiary/aromatic N) is 1. The van der Waals surface area contributed by atoms with Gasteiger partial charge in [-0.2, -0.15) is 0 Å². The lowest BCUT2D eigenvalue weighted by atomic mass is 9.74. The number of aliphatic imine (C=N–C) groups is 1. The first-order chi connectivity index (χ1) is 11.7. The summed E-state index contributed by atoms with van der Waals surface area (Å²) in [7, 11) is 0. The molecule has 0 amide bonds. The molecule has 1 aromatic carbocycles. The van der Waals surface area contributed by atoms with Gasteiger partial charge in [-0.1, -0.05) is 23.7 Å². The maximum absolute atomic E-state index is 6.18. The molecule has 1 aliphatic rings. The Hall–Kier alpha value is -0.570. The van der Waals surface area contributed by atoms with E-state index in [0.29, 0.717) is 12.5 Å². The van der Waals surface area contributed by atoms with Crippen molar-refractivity contribution in [2.24, 2.45) is 10.7 Å². The lowest BCUT2D eigenvalue weighted by molar-refractivity contribution is 0.0531. The molecule has 5 nitrogen and oxygen atoms in total. The van der Waals surface area contributed by atoms with E-state index in [-0.39, 0.29) is 29.4 Å². The maximum atomic E-state index is 6.18. The molecule has 0 spiro atoms. The van der Waals surface area contributed by atoms with Crippen molar-refractivity contribution in [2.75, 3.05) is 39.5 Å². The Labute approximate surface area is 172 Å². The topological polar surface area (TPSA) is 68.9 Å². The second-order valence-corrected chi connectivity index (χ2v) is 6.52. The normalized spacial score (nSPS) is 17.0. The molecule has 0 aromatic heterocycles. The third kappa shape index (κ3) is 7.29. The number of guanidine groups is 1. The van der Waals surface area contributed by atoms with Crippen LogP contribution in [0.4, 0.5) is 0 Å². The standard InChI is InChI=1S/C18H28ClN3O2.HI/c1-2-23-10-4-9-21-17(20)22-14-18(7-11-24-12-8-18)15-5-3-6-16(19)13-15;/h3,5-6,13H,2,4,7-12,14H2,1H3,(H3,20,21,22);1H. The van der Waals surface area contributed by atoms with E-state index in [4.69, 9.17) is 26.8 Å². The van der Waals surface area contributed by atoms with Crippen LogP contribution in [0.3, 0.4) is 0 Å². The zero-order valence-electron chi connectivity index (χ0n) is 14.8. The molecular weight excluding hydrogens is 453 g/mol. The average Bonchev–Trinajstić information content (AvgIpc) is 2.61. The Morgan fingerprint density at radius 3 is 2.84 bits per heavy atom. The monoisotopic (exact) mass is 481 g/mol. The highest BCUT2D eigenvalue weighted by Crippen LogP contribution is 2.36. The first-order valence-electron chi connectivity index (χ1n) is 8.61. The van der Waals surface area contributed by atoms with Crippen LogP contribution in [0.1, 0.15) is 31.7 Å². The Morgan fingerprint density at radius 1 is 1.40 bits per heavy atom. The summed E-state index contributed by atoms with van der Waals surface area (Å²) in [6.07, 6.45) is 2.76. The molecule has 3 N–H and O–H groups in total. The summed E-state index contributed by atoms with van der Waals surface area (Å²) in [6, 6.07) is 8.05. The van der Waals surface area contributed by atoms with Gasteiger partial charge in [-0.05, 0) is 43.9 Å². The van der Waals surface area contributed by atoms with E-state index in [1.165, 1.54) is 5.56 Å². The van der Waals surface area contributed by atoms with Gasteiger partial charge in [0.05, 0.1) is 6.54 Å². The first-order valence-corrected chi connectivity index (χ1v) is 8.99. The molecule has 0 aliphatic carbocycles. The van der Waals surface area contributed by atoms with Gasteiger partial charge in [0.2, 0.25) is 0 Å². The fraction of sp³-hybridized carbons (Fsp3) is 0.611. The van der Waals surface area contributed by atoms with Crippen molar-refractivity contribution >= 4 is 41.5 Å². The molecule has 1 aliphatic heterocycles. The third-order valence-corrected chi connectivity index (χ3v) is 4.65. The van der Waals surface area contributed by atoms with E-state index in [9.17, 15) is 0 Å². The smallest absolute Gasteiger partial charge is 0.188 e. The fourth-order valence-corrected chi connectivity index (χ4v) is 3.14. The predicted octanol–water partition coefficient (Wildman–Crippen LogP) is 3.34. The van der Waals surface area contributed by atoms with E-state index in [1.807, 2.05) is 25.1 Å². The summed E-state index contributed by atoms with van der Waals surface area (Å²) in [5.74, 6) is 0.486. The Kier molecular flexibility index (Phi) is 10.7. The molecule has 2 rings (SSSR count). The largest absolute Gasteiger partial charge is 0.382 e. The number of rotatable bonds is 8. The van der Waals surface area contributed by atoms with Gasteiger partial charge in [0.25, 0.3) is 0 Å². The summed E-state index contributed by atoms with van der Waals surface area (Å²) in [5, 5.41) is 3.91. The number of nitrogens with one attached hydrogen (secondary N) is 1. The molecule has 25 heavy (non-hydrogen) atoms. The van der Waals surface area contributed by atoms with E-state index in [1.54, 1.807) is 0 Å². The second-order valence-electron chi connectivity index (χ2n) is 6.08. The van der Waals surface area contributed by atoms with Crippen molar-refractivity contribution in [3.8, 4) is 0 Å². The molecule has 0 bridgehead atoms. The van der Waals surface area contributed by atoms with Gasteiger partial charge < -0.3 is 20.5 Å². The van der Waals surface area contributed by atoms with Crippen LogP contribution in [0.15, 0.2) is 29.3 Å². The van der Waals surface area contributed by atoms with Crippen molar-refractivity contribution in [3.05, 3.63) is 34.9 Å². The highest BCUT2D eigenvalue weighted by molar-refractivity contribution is 14.0. The molecular formula is C18H29ClIN3O2. The second kappa shape index (κ2) is 11.9. The zero-order chi connectivity index (χ0) is 17.3. The number of halogens is 2. The molecule has 0 atom stereocenters. The summed E-state index contributed by atoms with van der Waals surface area (Å²) >= 11 is 6.18. The molecule has 1 heterocycles. The van der Waals surface area contributed by atoms with E-state index in [0.717, 1.165) is 57.3 Å². The van der Waals surface area contributed by atoms with Gasteiger partial charge in [-0.25, -0.2) is 0 Å². The van der Waals surface area contributed by atoms with Crippen LogP contribution in [-0.4, -0.2) is 45.5 Å². The highest BCUT2D eigenvalue weighted by atomic mass is 127. The van der Waals surface area contributed by atoms with Crippen LogP contribution >= 0.6 is 35.6 Å². The predicted molar refractivity (Wildman–Crippen MR) is 114 cm³/mol. The van der Waals surface area contributed by atoms with Crippen molar-refractivity contribution in [1.82, 2.24) is 5.32 Å². The number of ether oxygens (including phenoxy) is 2. The maximum Gasteiger partial charge on any atom is 0.188 e. The molecule has 0 unspecified atom stereocenters. The fourth-order valence-electron chi connectivity index (χ4n) is 2.95. The van der Waals surface area contributed by atoms with Gasteiger partial charge >= 0.3 is 0 Å². The highest BCUT2D eigenvalue weighted by Gasteiger charge is 2.34. The van der Waals surface area contributed by atoms with Crippen LogP contribution in [0.25, 0.3) is 0 Å². The molecule has 7 heteroatoms. The third-order valence-electron chi connectivity index (χ3n) is 4.41. The van der Waals surface area contributed by atoms with Crippen molar-refractivity contribution < 1.29 is 9.47 Å². The summed E-state index contributed by atoms with van der Waals surface area (Å²) in [4.78, 5) is 4.59. The van der Waals surface area contributed by atoms with Crippen LogP contribution in [0.5, 0.6) is 0 Å². The molecule has 1 aromatic rings. The SMILES string of the molecule is CCOCCCNC(N)=NCC1(c2cccc(Cl)c2)CCOCC1.I. The quantitative estimate of drug-likeness (QED) is 0.259. The Balaban J connectivity index is 0.00000312. The first kappa shape index (κ1) is 22.5. The van der Waals surface area contributed by atoms with Crippen molar-refractivity contribution in [2.45, 2.75) is 31.6 Å². The summed E-state index contributed by atoms with van der Waals surface area (Å²) in [5.41, 5.74) is 7.17. The van der Waals surface area contributed by atoms with Crippen LogP contribution < -0.4 is 11.1 Å². The minimum Gasteiger partial charge on any atom is -0.382 e. The minimum absolute atomic E-state index is 0. The Bertz CT molecular complexity index is 537. The molecule has 0 saturated carbocycles. The van der Waals surface area contributed by atoms with Crippen molar-refractivity contribution in [3.63, 3.8) is 0 Å². The lowest BCUT2D eigenvalue weighted by Gasteiger charge is -2.36. The van der Waals surface area contributed by atoms with E-state index in [2.05, 4.69) is 16.4 Å². The zero-order valence-corrected chi connectivity index (χ0v) is 17.9. The Morgan fingerprint density at radius 2 is 2.16 bits per heavy atom. The molecule has 142 valence electrons. The molecule has 1 saturated heterocycles. The number of nitrogens with two attached hydrogens (primary N) is 1. The number of hydrogen-bond donors (Lipinski definition) is 2. The summed E-state index contributed by atoms with van der Waals surface area (Å²) < 4.78 is 10.9. The van der Waals surface area contributed by atoms with Crippen LogP contribution in [0.2, 0.25) is 5.02 Å².